The second kappa shape index (κ2) is 8.87. The van der Waals surface area contributed by atoms with Gasteiger partial charge in [0, 0.05) is 18.1 Å². The fraction of sp³-hybridized carbons (Fsp3) is 0.300. The van der Waals surface area contributed by atoms with Gasteiger partial charge in [-0.15, -0.1) is 13.2 Å². The average Bonchev–Trinajstić information content (AvgIpc) is 2.60. The molecule has 0 aliphatic heterocycles. The van der Waals surface area contributed by atoms with Gasteiger partial charge in [0.05, 0.1) is 5.56 Å². The summed E-state index contributed by atoms with van der Waals surface area (Å²) in [5.41, 5.74) is 0.698. The number of amides is 1. The summed E-state index contributed by atoms with van der Waals surface area (Å²) in [5, 5.41) is 14.0. The largest absolute Gasteiger partial charge is 0.505 e. The van der Waals surface area contributed by atoms with Gasteiger partial charge in [0.25, 0.3) is 5.91 Å². The smallest absolute Gasteiger partial charge is 0.255 e. The number of phenolic OH excluding ortho intramolecular Hbond substituents is 1. The number of carbonyl (C=O) groups excluding carboxylic acids is 1. The second-order valence-corrected chi connectivity index (χ2v) is 5.86. The monoisotopic (exact) mass is 324 g/mol. The lowest BCUT2D eigenvalue weighted by molar-refractivity contribution is 0.0944. The van der Waals surface area contributed by atoms with Crippen LogP contribution in [0, 0.1) is 5.92 Å². The van der Waals surface area contributed by atoms with Crippen LogP contribution in [0.3, 0.4) is 0 Å². The summed E-state index contributed by atoms with van der Waals surface area (Å²) in [6.07, 6.45) is 9.25. The average molecular weight is 324 g/mol. The van der Waals surface area contributed by atoms with Crippen LogP contribution in [0.1, 0.15) is 36.0 Å². The Hall–Kier alpha value is -2.62. The van der Waals surface area contributed by atoms with Crippen molar-refractivity contribution in [1.82, 2.24) is 10.3 Å². The number of rotatable bonds is 9. The van der Waals surface area contributed by atoms with Crippen molar-refractivity contribution in [3.05, 3.63) is 61.3 Å². The molecule has 2 aromatic rings. The third-order valence-electron chi connectivity index (χ3n) is 4.06. The topological polar surface area (TPSA) is 62.2 Å². The Kier molecular flexibility index (Phi) is 6.55. The Balaban J connectivity index is 2.04. The highest BCUT2D eigenvalue weighted by Gasteiger charge is 2.16. The number of pyridine rings is 1. The van der Waals surface area contributed by atoms with E-state index in [1.807, 2.05) is 18.2 Å². The number of hydrogen-bond acceptors (Lipinski definition) is 3. The lowest BCUT2D eigenvalue weighted by atomic mass is 9.98. The fourth-order valence-corrected chi connectivity index (χ4v) is 2.73. The standard InChI is InChI=1S/C20H24N2O2/c1-3-5-6-9-15(8-4-2)14-22-20(24)17-12-11-16-10-7-13-21-18(16)19(17)23/h3-4,7,10-13,15,23H,1-2,5-6,8-9,14H2,(H,22,24). The van der Waals surface area contributed by atoms with Gasteiger partial charge in [-0.05, 0) is 43.7 Å². The van der Waals surface area contributed by atoms with Gasteiger partial charge in [0.2, 0.25) is 0 Å². The SMILES string of the molecule is C=CCCCC(CC=C)CNC(=O)c1ccc2cccnc2c1O. The van der Waals surface area contributed by atoms with Crippen molar-refractivity contribution in [1.29, 1.82) is 0 Å². The molecule has 4 nitrogen and oxygen atoms in total. The van der Waals surface area contributed by atoms with Gasteiger partial charge in [-0.25, -0.2) is 0 Å². The summed E-state index contributed by atoms with van der Waals surface area (Å²) < 4.78 is 0. The Morgan fingerprint density at radius 1 is 1.29 bits per heavy atom. The minimum atomic E-state index is -0.280. The third-order valence-corrected chi connectivity index (χ3v) is 4.06. The molecule has 0 saturated carbocycles. The van der Waals surface area contributed by atoms with Gasteiger partial charge in [-0.1, -0.05) is 24.3 Å². The number of carbonyl (C=O) groups is 1. The van der Waals surface area contributed by atoms with Crippen LogP contribution in [-0.2, 0) is 0 Å². The van der Waals surface area contributed by atoms with Crippen LogP contribution in [0.25, 0.3) is 10.9 Å². The molecular formula is C20H24N2O2. The lowest BCUT2D eigenvalue weighted by Crippen LogP contribution is -2.29. The van der Waals surface area contributed by atoms with Crippen LogP contribution in [0.5, 0.6) is 5.75 Å². The van der Waals surface area contributed by atoms with E-state index < -0.39 is 0 Å². The van der Waals surface area contributed by atoms with E-state index in [-0.39, 0.29) is 17.2 Å². The predicted molar refractivity (Wildman–Crippen MR) is 98.1 cm³/mol. The van der Waals surface area contributed by atoms with Gasteiger partial charge in [-0.2, -0.15) is 0 Å². The molecule has 0 saturated heterocycles. The molecule has 1 aromatic heterocycles. The van der Waals surface area contributed by atoms with Gasteiger partial charge in [-0.3, -0.25) is 9.78 Å². The normalized spacial score (nSPS) is 11.8. The van der Waals surface area contributed by atoms with Crippen LogP contribution < -0.4 is 5.32 Å². The van der Waals surface area contributed by atoms with E-state index in [1.54, 1.807) is 24.4 Å². The van der Waals surface area contributed by atoms with E-state index in [9.17, 15) is 9.90 Å². The molecular weight excluding hydrogens is 300 g/mol. The molecule has 24 heavy (non-hydrogen) atoms. The van der Waals surface area contributed by atoms with Crippen molar-refractivity contribution in [2.75, 3.05) is 6.54 Å². The summed E-state index contributed by atoms with van der Waals surface area (Å²) in [4.78, 5) is 16.6. The van der Waals surface area contributed by atoms with Crippen LogP contribution >= 0.6 is 0 Å². The lowest BCUT2D eigenvalue weighted by Gasteiger charge is -2.16. The minimum Gasteiger partial charge on any atom is -0.505 e. The van der Waals surface area contributed by atoms with Crippen LogP contribution in [0.2, 0.25) is 0 Å². The molecule has 126 valence electrons. The van der Waals surface area contributed by atoms with Crippen molar-refractivity contribution < 1.29 is 9.90 Å². The number of hydrogen-bond donors (Lipinski definition) is 2. The number of unbranched alkanes of at least 4 members (excludes halogenated alkanes) is 1. The summed E-state index contributed by atoms with van der Waals surface area (Å²) in [5.74, 6) is -0.0116. The molecule has 0 radical (unpaired) electrons. The number of aromatic hydroxyl groups is 1. The third kappa shape index (κ3) is 4.44. The molecule has 0 aliphatic rings. The highest BCUT2D eigenvalue weighted by molar-refractivity contribution is 6.02. The van der Waals surface area contributed by atoms with E-state index in [2.05, 4.69) is 23.5 Å². The molecule has 1 atom stereocenters. The Bertz CT molecular complexity index is 725. The molecule has 4 heteroatoms. The first-order valence-electron chi connectivity index (χ1n) is 8.24. The highest BCUT2D eigenvalue weighted by atomic mass is 16.3. The van der Waals surface area contributed by atoms with Gasteiger partial charge in [0.15, 0.2) is 5.75 Å². The van der Waals surface area contributed by atoms with Gasteiger partial charge in [0.1, 0.15) is 5.52 Å². The molecule has 1 unspecified atom stereocenters. The quantitative estimate of drug-likeness (QED) is 0.536. The summed E-state index contributed by atoms with van der Waals surface area (Å²) in [7, 11) is 0. The number of fused-ring (bicyclic) bond motifs is 1. The molecule has 0 spiro atoms. The second-order valence-electron chi connectivity index (χ2n) is 5.86. The first-order chi connectivity index (χ1) is 11.7. The maximum atomic E-state index is 12.4. The molecule has 0 fully saturated rings. The number of aromatic nitrogens is 1. The molecule has 0 bridgehead atoms. The fourth-order valence-electron chi connectivity index (χ4n) is 2.73. The van der Waals surface area contributed by atoms with Crippen molar-refractivity contribution in [2.45, 2.75) is 25.7 Å². The predicted octanol–water partition coefficient (Wildman–Crippen LogP) is 4.22. The Labute approximate surface area is 142 Å². The maximum Gasteiger partial charge on any atom is 0.255 e. The van der Waals surface area contributed by atoms with Gasteiger partial charge < -0.3 is 10.4 Å². The first-order valence-corrected chi connectivity index (χ1v) is 8.24. The van der Waals surface area contributed by atoms with Crippen molar-refractivity contribution >= 4 is 16.8 Å². The van der Waals surface area contributed by atoms with Crippen molar-refractivity contribution in [2.24, 2.45) is 5.92 Å². The summed E-state index contributed by atoms with van der Waals surface area (Å²) >= 11 is 0. The number of nitrogens with one attached hydrogen (secondary N) is 1. The summed E-state index contributed by atoms with van der Waals surface area (Å²) in [6, 6.07) is 7.07. The number of allylic oxidation sites excluding steroid dienone is 2. The minimum absolute atomic E-state index is 0.0717. The van der Waals surface area contributed by atoms with E-state index in [4.69, 9.17) is 0 Å². The maximum absolute atomic E-state index is 12.4. The van der Waals surface area contributed by atoms with E-state index >= 15 is 0 Å². The highest BCUT2D eigenvalue weighted by Crippen LogP contribution is 2.26. The van der Waals surface area contributed by atoms with Gasteiger partial charge >= 0.3 is 0 Å². The Morgan fingerprint density at radius 3 is 2.88 bits per heavy atom. The molecule has 2 rings (SSSR count). The Morgan fingerprint density at radius 2 is 2.12 bits per heavy atom. The molecule has 1 amide bonds. The van der Waals surface area contributed by atoms with Crippen LogP contribution in [-0.4, -0.2) is 22.5 Å². The molecule has 0 aliphatic carbocycles. The zero-order chi connectivity index (χ0) is 17.4. The zero-order valence-electron chi connectivity index (χ0n) is 13.9. The number of phenols is 1. The number of nitrogens with zero attached hydrogens (tertiary/aromatic N) is 1. The van der Waals surface area contributed by atoms with Crippen LogP contribution in [0.4, 0.5) is 0 Å². The zero-order valence-corrected chi connectivity index (χ0v) is 13.9. The molecule has 1 aromatic carbocycles. The molecule has 2 N–H and O–H groups in total. The number of benzene rings is 1. The molecule has 1 heterocycles. The van der Waals surface area contributed by atoms with E-state index in [0.717, 1.165) is 31.1 Å². The van der Waals surface area contributed by atoms with E-state index in [0.29, 0.717) is 18.0 Å². The van der Waals surface area contributed by atoms with E-state index in [1.165, 1.54) is 0 Å². The summed E-state index contributed by atoms with van der Waals surface area (Å²) in [6.45, 7) is 8.07. The van der Waals surface area contributed by atoms with Crippen LogP contribution in [0.15, 0.2) is 55.8 Å². The van der Waals surface area contributed by atoms with Crippen molar-refractivity contribution in [3.63, 3.8) is 0 Å². The first kappa shape index (κ1) is 17.7. The van der Waals surface area contributed by atoms with Crippen molar-refractivity contribution in [3.8, 4) is 5.75 Å².